The molecule has 0 aromatic heterocycles. The third-order valence-electron chi connectivity index (χ3n) is 7.88. The first-order chi connectivity index (χ1) is 16.4. The fourth-order valence-corrected chi connectivity index (χ4v) is 8.14. The van der Waals surface area contributed by atoms with Gasteiger partial charge in [0.1, 0.15) is 6.04 Å². The van der Waals surface area contributed by atoms with E-state index in [1.165, 1.54) is 0 Å². The standard InChI is InChI=1S/C26H38N2O5S/c1-4-11-17(3)27-14-10-13-26-21(23(30)28(18(5-2)16-29)22(26)24(27)31)20-19(34-26)12-8-6-7-9-15-33-25(20)32/h8,10,12-13,17-22,29H,4-7,9,11,14-16H2,1-3H3/b12-8-/t17?,18-,19-,20+,21-,22?,26-/m0/s1. The number of fused-ring (bicyclic) bond motifs is 2. The van der Waals surface area contributed by atoms with Crippen molar-refractivity contribution in [3.05, 3.63) is 24.3 Å². The van der Waals surface area contributed by atoms with E-state index in [2.05, 4.69) is 19.9 Å². The van der Waals surface area contributed by atoms with Gasteiger partial charge in [-0.2, -0.15) is 0 Å². The van der Waals surface area contributed by atoms with E-state index in [1.54, 1.807) is 16.7 Å². The van der Waals surface area contributed by atoms with Gasteiger partial charge in [0.05, 0.1) is 35.8 Å². The molecule has 2 unspecified atom stereocenters. The van der Waals surface area contributed by atoms with Gasteiger partial charge < -0.3 is 19.6 Å². The van der Waals surface area contributed by atoms with Gasteiger partial charge in [-0.15, -0.1) is 11.8 Å². The summed E-state index contributed by atoms with van der Waals surface area (Å²) >= 11 is 1.56. The number of hydrogen-bond donors (Lipinski definition) is 1. The van der Waals surface area contributed by atoms with Crippen LogP contribution in [0.1, 0.15) is 59.3 Å². The van der Waals surface area contributed by atoms with Gasteiger partial charge in [0.25, 0.3) is 0 Å². The fraction of sp³-hybridized carbons (Fsp3) is 0.731. The van der Waals surface area contributed by atoms with Crippen LogP contribution in [0.4, 0.5) is 0 Å². The number of hydrogen-bond acceptors (Lipinski definition) is 6. The Kier molecular flexibility index (Phi) is 7.77. The molecule has 34 heavy (non-hydrogen) atoms. The summed E-state index contributed by atoms with van der Waals surface area (Å²) in [6.45, 7) is 6.69. The van der Waals surface area contributed by atoms with Gasteiger partial charge in [-0.25, -0.2) is 0 Å². The van der Waals surface area contributed by atoms with Gasteiger partial charge in [-0.3, -0.25) is 14.4 Å². The third-order valence-corrected chi connectivity index (χ3v) is 9.63. The van der Waals surface area contributed by atoms with Crippen molar-refractivity contribution in [3.8, 4) is 0 Å². The maximum absolute atomic E-state index is 14.2. The Labute approximate surface area is 206 Å². The SMILES string of the molecule is CCCC(C)N1CC=C[C@]23S[C@H]4/C=C\CCCCOC(=O)[C@H]4[C@H]2C(=O)N([C@@H](CC)CO)C3C1=O. The summed E-state index contributed by atoms with van der Waals surface area (Å²) < 4.78 is 4.78. The number of aliphatic hydroxyl groups excluding tert-OH is 1. The highest BCUT2D eigenvalue weighted by atomic mass is 32.2. The van der Waals surface area contributed by atoms with Crippen LogP contribution < -0.4 is 0 Å². The molecule has 4 rings (SSSR count). The Balaban J connectivity index is 1.83. The molecule has 2 saturated heterocycles. The quantitative estimate of drug-likeness (QED) is 0.455. The molecule has 188 valence electrons. The number of allylic oxidation sites excluding steroid dienone is 1. The Morgan fingerprint density at radius 1 is 1.21 bits per heavy atom. The summed E-state index contributed by atoms with van der Waals surface area (Å²) in [6.07, 6.45) is 13.2. The molecule has 0 aliphatic carbocycles. The Bertz CT molecular complexity index is 856. The van der Waals surface area contributed by atoms with Gasteiger partial charge >= 0.3 is 5.97 Å². The third kappa shape index (κ3) is 4.11. The van der Waals surface area contributed by atoms with Crippen LogP contribution in [0.2, 0.25) is 0 Å². The van der Waals surface area contributed by atoms with Crippen LogP contribution in [0.5, 0.6) is 0 Å². The van der Waals surface area contributed by atoms with Crippen molar-refractivity contribution in [3.63, 3.8) is 0 Å². The van der Waals surface area contributed by atoms with Gasteiger partial charge in [0.2, 0.25) is 11.8 Å². The van der Waals surface area contributed by atoms with Crippen LogP contribution in [0.3, 0.4) is 0 Å². The second-order valence-electron chi connectivity index (χ2n) is 9.95. The Hall–Kier alpha value is -1.80. The maximum atomic E-state index is 14.2. The average Bonchev–Trinajstić information content (AvgIpc) is 3.20. The number of ether oxygens (including phenoxy) is 1. The zero-order valence-corrected chi connectivity index (χ0v) is 21.3. The van der Waals surface area contributed by atoms with Crippen LogP contribution in [-0.4, -0.2) is 80.6 Å². The van der Waals surface area contributed by atoms with E-state index >= 15 is 0 Å². The first kappa shape index (κ1) is 25.3. The summed E-state index contributed by atoms with van der Waals surface area (Å²) in [5.41, 5.74) is 0. The van der Waals surface area contributed by atoms with E-state index in [0.717, 1.165) is 32.1 Å². The number of amides is 2. The maximum Gasteiger partial charge on any atom is 0.311 e. The number of carbonyl (C=O) groups excluding carboxylic acids is 3. The molecule has 0 bridgehead atoms. The predicted octanol–water partition coefficient (Wildman–Crippen LogP) is 2.93. The lowest BCUT2D eigenvalue weighted by atomic mass is 9.78. The molecule has 0 aromatic rings. The van der Waals surface area contributed by atoms with Crippen LogP contribution in [-0.2, 0) is 19.1 Å². The number of rotatable bonds is 6. The lowest BCUT2D eigenvalue weighted by Gasteiger charge is -2.39. The van der Waals surface area contributed by atoms with Crippen molar-refractivity contribution in [2.45, 2.75) is 87.4 Å². The zero-order chi connectivity index (χ0) is 24.5. The molecule has 4 aliphatic rings. The monoisotopic (exact) mass is 490 g/mol. The van der Waals surface area contributed by atoms with Crippen molar-refractivity contribution in [2.75, 3.05) is 19.8 Å². The van der Waals surface area contributed by atoms with Crippen LogP contribution in [0.25, 0.3) is 0 Å². The number of likely N-dealkylation sites (tertiary alicyclic amines) is 1. The molecule has 7 nitrogen and oxygen atoms in total. The van der Waals surface area contributed by atoms with E-state index in [9.17, 15) is 19.5 Å². The lowest BCUT2D eigenvalue weighted by Crippen LogP contribution is -2.57. The molecule has 0 radical (unpaired) electrons. The van der Waals surface area contributed by atoms with Gasteiger partial charge in [-0.05, 0) is 39.0 Å². The first-order valence-electron chi connectivity index (χ1n) is 12.8. The number of esters is 1. The van der Waals surface area contributed by atoms with Crippen LogP contribution in [0.15, 0.2) is 24.3 Å². The highest BCUT2D eigenvalue weighted by Gasteiger charge is 2.71. The number of carbonyl (C=O) groups is 3. The van der Waals surface area contributed by atoms with E-state index in [-0.39, 0.29) is 35.7 Å². The van der Waals surface area contributed by atoms with Crippen molar-refractivity contribution in [2.24, 2.45) is 11.8 Å². The number of aliphatic hydroxyl groups is 1. The molecule has 0 aromatic carbocycles. The molecular formula is C26H38N2O5S. The lowest BCUT2D eigenvalue weighted by molar-refractivity contribution is -0.153. The second kappa shape index (κ2) is 10.4. The average molecular weight is 491 g/mol. The molecule has 4 heterocycles. The highest BCUT2D eigenvalue weighted by Crippen LogP contribution is 2.61. The number of nitrogens with zero attached hydrogens (tertiary/aromatic N) is 2. The smallest absolute Gasteiger partial charge is 0.311 e. The predicted molar refractivity (Wildman–Crippen MR) is 132 cm³/mol. The molecular weight excluding hydrogens is 452 g/mol. The number of thioether (sulfide) groups is 1. The molecule has 8 heteroatoms. The molecule has 1 N–H and O–H groups in total. The summed E-state index contributed by atoms with van der Waals surface area (Å²) in [7, 11) is 0. The molecule has 2 fully saturated rings. The summed E-state index contributed by atoms with van der Waals surface area (Å²) in [6, 6.07) is -1.17. The Morgan fingerprint density at radius 2 is 2.00 bits per heavy atom. The van der Waals surface area contributed by atoms with Crippen molar-refractivity contribution < 1.29 is 24.2 Å². The summed E-state index contributed by atoms with van der Waals surface area (Å²) in [4.78, 5) is 45.0. The number of cyclic esters (lactones) is 1. The normalized spacial score (nSPS) is 36.3. The molecule has 4 aliphatic heterocycles. The van der Waals surface area contributed by atoms with Crippen molar-refractivity contribution in [1.29, 1.82) is 0 Å². The van der Waals surface area contributed by atoms with E-state index in [1.807, 2.05) is 30.1 Å². The highest BCUT2D eigenvalue weighted by molar-refractivity contribution is 8.02. The van der Waals surface area contributed by atoms with Gasteiger partial charge in [0, 0.05) is 17.8 Å². The topological polar surface area (TPSA) is 87.2 Å². The van der Waals surface area contributed by atoms with Crippen LogP contribution >= 0.6 is 11.8 Å². The summed E-state index contributed by atoms with van der Waals surface area (Å²) in [5.74, 6) is -1.98. The first-order valence-corrected chi connectivity index (χ1v) is 13.7. The van der Waals surface area contributed by atoms with E-state index in [0.29, 0.717) is 19.6 Å². The minimum atomic E-state index is -0.857. The summed E-state index contributed by atoms with van der Waals surface area (Å²) in [5, 5.41) is 9.93. The molecule has 7 atom stereocenters. The van der Waals surface area contributed by atoms with Crippen LogP contribution in [0, 0.1) is 11.8 Å². The minimum absolute atomic E-state index is 0.0412. The van der Waals surface area contributed by atoms with Gasteiger partial charge in [-0.1, -0.05) is 44.6 Å². The van der Waals surface area contributed by atoms with Crippen molar-refractivity contribution >= 4 is 29.5 Å². The zero-order valence-electron chi connectivity index (χ0n) is 20.5. The van der Waals surface area contributed by atoms with E-state index < -0.39 is 28.7 Å². The molecule has 0 saturated carbocycles. The molecule has 2 amide bonds. The van der Waals surface area contributed by atoms with Gasteiger partial charge in [0.15, 0.2) is 0 Å². The van der Waals surface area contributed by atoms with E-state index in [4.69, 9.17) is 4.74 Å². The minimum Gasteiger partial charge on any atom is -0.465 e. The fourth-order valence-electron chi connectivity index (χ4n) is 6.15. The second-order valence-corrected chi connectivity index (χ2v) is 11.4. The molecule has 1 spiro atoms. The Morgan fingerprint density at radius 3 is 2.71 bits per heavy atom. The van der Waals surface area contributed by atoms with Crippen molar-refractivity contribution in [1.82, 2.24) is 9.80 Å². The largest absolute Gasteiger partial charge is 0.465 e.